The molecule has 2 aromatic rings. The van der Waals surface area contributed by atoms with Crippen LogP contribution in [0.2, 0.25) is 0 Å². The Kier molecular flexibility index (Phi) is 3.66. The van der Waals surface area contributed by atoms with Crippen LogP contribution < -0.4 is 0 Å². The third-order valence-corrected chi connectivity index (χ3v) is 3.75. The predicted octanol–water partition coefficient (Wildman–Crippen LogP) is 4.85. The van der Waals surface area contributed by atoms with Crippen molar-refractivity contribution in [3.8, 4) is 0 Å². The summed E-state index contributed by atoms with van der Waals surface area (Å²) in [6.07, 6.45) is 2.93. The first-order valence-corrected chi connectivity index (χ1v) is 6.39. The van der Waals surface area contributed by atoms with Crippen LogP contribution in [0, 0.1) is 20.8 Å². The SMILES string of the molecule is C=Cc1ccccc1Cc1c(C)ccc(C)c1C. The summed E-state index contributed by atoms with van der Waals surface area (Å²) in [4.78, 5) is 0. The molecule has 0 aromatic heterocycles. The first-order chi connectivity index (χ1) is 8.63. The molecule has 0 aliphatic rings. The molecular formula is C18H20. The molecule has 0 radical (unpaired) electrons. The van der Waals surface area contributed by atoms with Gasteiger partial charge in [0.25, 0.3) is 0 Å². The molecule has 0 atom stereocenters. The Morgan fingerprint density at radius 2 is 1.61 bits per heavy atom. The summed E-state index contributed by atoms with van der Waals surface area (Å²) in [5, 5.41) is 0. The van der Waals surface area contributed by atoms with Crippen LogP contribution in [0.1, 0.15) is 33.4 Å². The summed E-state index contributed by atoms with van der Waals surface area (Å²) >= 11 is 0. The van der Waals surface area contributed by atoms with E-state index >= 15 is 0 Å². The molecule has 2 aromatic carbocycles. The van der Waals surface area contributed by atoms with Crippen molar-refractivity contribution >= 4 is 6.08 Å². The Morgan fingerprint density at radius 1 is 0.944 bits per heavy atom. The van der Waals surface area contributed by atoms with Gasteiger partial charge in [0.1, 0.15) is 0 Å². The molecule has 0 bridgehead atoms. The zero-order valence-electron chi connectivity index (χ0n) is 11.5. The second-order valence-electron chi connectivity index (χ2n) is 4.88. The molecule has 0 fully saturated rings. The second-order valence-corrected chi connectivity index (χ2v) is 4.88. The quantitative estimate of drug-likeness (QED) is 0.715. The Hall–Kier alpha value is -1.82. The first kappa shape index (κ1) is 12.6. The fourth-order valence-corrected chi connectivity index (χ4v) is 2.37. The van der Waals surface area contributed by atoms with Crippen molar-refractivity contribution < 1.29 is 0 Å². The van der Waals surface area contributed by atoms with Gasteiger partial charge in [-0.2, -0.15) is 0 Å². The van der Waals surface area contributed by atoms with E-state index in [0.29, 0.717) is 0 Å². The van der Waals surface area contributed by atoms with Crippen molar-refractivity contribution in [2.24, 2.45) is 0 Å². The van der Waals surface area contributed by atoms with Crippen LogP contribution in [0.25, 0.3) is 6.08 Å². The van der Waals surface area contributed by atoms with Crippen molar-refractivity contribution in [1.82, 2.24) is 0 Å². The molecule has 2 rings (SSSR count). The van der Waals surface area contributed by atoms with E-state index in [-0.39, 0.29) is 0 Å². The predicted molar refractivity (Wildman–Crippen MR) is 80.0 cm³/mol. The number of rotatable bonds is 3. The van der Waals surface area contributed by atoms with E-state index in [1.165, 1.54) is 33.4 Å². The molecular weight excluding hydrogens is 216 g/mol. The van der Waals surface area contributed by atoms with Crippen LogP contribution in [0.15, 0.2) is 43.0 Å². The molecule has 0 saturated heterocycles. The standard InChI is InChI=1S/C18H20/c1-5-16-8-6-7-9-17(16)12-18-14(3)11-10-13(2)15(18)4/h5-11H,1,12H2,2-4H3. The van der Waals surface area contributed by atoms with E-state index in [1.807, 2.05) is 6.08 Å². The maximum Gasteiger partial charge on any atom is -0.00145 e. The van der Waals surface area contributed by atoms with E-state index in [1.54, 1.807) is 0 Å². The molecule has 0 saturated carbocycles. The topological polar surface area (TPSA) is 0 Å². The van der Waals surface area contributed by atoms with Gasteiger partial charge in [-0.15, -0.1) is 0 Å². The number of hydrogen-bond acceptors (Lipinski definition) is 0. The molecule has 0 unspecified atom stereocenters. The van der Waals surface area contributed by atoms with E-state index in [0.717, 1.165) is 6.42 Å². The molecule has 0 spiro atoms. The zero-order chi connectivity index (χ0) is 13.1. The van der Waals surface area contributed by atoms with Gasteiger partial charge in [-0.25, -0.2) is 0 Å². The highest BCUT2D eigenvalue weighted by molar-refractivity contribution is 5.54. The third-order valence-electron chi connectivity index (χ3n) is 3.75. The van der Waals surface area contributed by atoms with Gasteiger partial charge in [-0.1, -0.05) is 49.1 Å². The Morgan fingerprint density at radius 3 is 2.33 bits per heavy atom. The number of hydrogen-bond donors (Lipinski definition) is 0. The highest BCUT2D eigenvalue weighted by atomic mass is 14.1. The second kappa shape index (κ2) is 5.22. The average molecular weight is 236 g/mol. The summed E-state index contributed by atoms with van der Waals surface area (Å²) in [6, 6.07) is 12.9. The van der Waals surface area contributed by atoms with E-state index in [4.69, 9.17) is 0 Å². The van der Waals surface area contributed by atoms with Crippen LogP contribution in [-0.4, -0.2) is 0 Å². The molecule has 0 amide bonds. The molecule has 0 heteroatoms. The largest absolute Gasteiger partial charge is 0.0985 e. The Labute approximate surface area is 110 Å². The van der Waals surface area contributed by atoms with Gasteiger partial charge < -0.3 is 0 Å². The first-order valence-electron chi connectivity index (χ1n) is 6.39. The van der Waals surface area contributed by atoms with Crippen molar-refractivity contribution in [1.29, 1.82) is 0 Å². The smallest absolute Gasteiger partial charge is 0.00145 e. The van der Waals surface area contributed by atoms with Crippen LogP contribution >= 0.6 is 0 Å². The van der Waals surface area contributed by atoms with E-state index < -0.39 is 0 Å². The lowest BCUT2D eigenvalue weighted by Gasteiger charge is -2.14. The summed E-state index contributed by atoms with van der Waals surface area (Å²) in [6.45, 7) is 10.5. The maximum atomic E-state index is 3.90. The van der Waals surface area contributed by atoms with E-state index in [2.05, 4.69) is 63.7 Å². The minimum absolute atomic E-state index is 0.988. The summed E-state index contributed by atoms with van der Waals surface area (Å²) in [7, 11) is 0. The fraction of sp³-hybridized carbons (Fsp3) is 0.222. The van der Waals surface area contributed by atoms with Gasteiger partial charge in [0.15, 0.2) is 0 Å². The fourth-order valence-electron chi connectivity index (χ4n) is 2.37. The van der Waals surface area contributed by atoms with Gasteiger partial charge >= 0.3 is 0 Å². The van der Waals surface area contributed by atoms with Gasteiger partial charge in [0, 0.05) is 0 Å². The highest BCUT2D eigenvalue weighted by Crippen LogP contribution is 2.23. The molecule has 18 heavy (non-hydrogen) atoms. The summed E-state index contributed by atoms with van der Waals surface area (Å²) < 4.78 is 0. The lowest BCUT2D eigenvalue weighted by Crippen LogP contribution is -1.99. The van der Waals surface area contributed by atoms with Crippen LogP contribution in [0.5, 0.6) is 0 Å². The molecule has 0 aliphatic carbocycles. The molecule has 0 aliphatic heterocycles. The number of benzene rings is 2. The maximum absolute atomic E-state index is 3.90. The highest BCUT2D eigenvalue weighted by Gasteiger charge is 2.07. The Balaban J connectivity index is 2.46. The lowest BCUT2D eigenvalue weighted by molar-refractivity contribution is 1.10. The monoisotopic (exact) mass is 236 g/mol. The molecule has 92 valence electrons. The van der Waals surface area contributed by atoms with Gasteiger partial charge in [-0.3, -0.25) is 0 Å². The zero-order valence-corrected chi connectivity index (χ0v) is 11.5. The third kappa shape index (κ3) is 2.38. The van der Waals surface area contributed by atoms with Crippen LogP contribution in [0.3, 0.4) is 0 Å². The minimum Gasteiger partial charge on any atom is -0.0985 e. The number of aryl methyl sites for hydroxylation is 2. The minimum atomic E-state index is 0.988. The molecule has 0 nitrogen and oxygen atoms in total. The van der Waals surface area contributed by atoms with Gasteiger partial charge in [0.05, 0.1) is 0 Å². The van der Waals surface area contributed by atoms with Crippen molar-refractivity contribution in [3.05, 3.63) is 76.4 Å². The van der Waals surface area contributed by atoms with Crippen molar-refractivity contribution in [3.63, 3.8) is 0 Å². The molecule has 0 heterocycles. The van der Waals surface area contributed by atoms with Crippen LogP contribution in [-0.2, 0) is 6.42 Å². The Bertz CT molecular complexity index is 577. The van der Waals surface area contributed by atoms with Gasteiger partial charge in [0.2, 0.25) is 0 Å². The van der Waals surface area contributed by atoms with E-state index in [9.17, 15) is 0 Å². The van der Waals surface area contributed by atoms with Crippen molar-refractivity contribution in [2.45, 2.75) is 27.2 Å². The van der Waals surface area contributed by atoms with Crippen molar-refractivity contribution in [2.75, 3.05) is 0 Å². The summed E-state index contributed by atoms with van der Waals surface area (Å²) in [5.41, 5.74) is 8.18. The van der Waals surface area contributed by atoms with Gasteiger partial charge in [-0.05, 0) is 60.6 Å². The van der Waals surface area contributed by atoms with Crippen LogP contribution in [0.4, 0.5) is 0 Å². The lowest BCUT2D eigenvalue weighted by atomic mass is 9.91. The normalized spacial score (nSPS) is 10.4. The average Bonchev–Trinajstić information content (AvgIpc) is 2.39. The summed E-state index contributed by atoms with van der Waals surface area (Å²) in [5.74, 6) is 0. The molecule has 0 N–H and O–H groups in total.